The summed E-state index contributed by atoms with van der Waals surface area (Å²) in [7, 11) is 0. The molecular formula is C24H30BrClN2O3. The zero-order valence-corrected chi connectivity index (χ0v) is 20.4. The molecule has 5 nitrogen and oxygen atoms in total. The fraction of sp³-hybridized carbons (Fsp3) is 0.417. The number of ether oxygens (including phenoxy) is 1. The van der Waals surface area contributed by atoms with Crippen molar-refractivity contribution < 1.29 is 14.3 Å². The molecule has 0 radical (unpaired) electrons. The Morgan fingerprint density at radius 2 is 1.77 bits per heavy atom. The van der Waals surface area contributed by atoms with Gasteiger partial charge in [0.15, 0.2) is 0 Å². The normalized spacial score (nSPS) is 11.6. The third-order valence-corrected chi connectivity index (χ3v) is 5.66. The SMILES string of the molecule is CCCCNC(=O)[C@@H](C)N(Cc1ccc(Br)cc1)C(=O)CCCOc1ccc(Cl)cc1. The minimum atomic E-state index is -0.551. The van der Waals surface area contributed by atoms with Gasteiger partial charge < -0.3 is 15.0 Å². The summed E-state index contributed by atoms with van der Waals surface area (Å²) in [5.74, 6) is 0.518. The minimum Gasteiger partial charge on any atom is -0.494 e. The fourth-order valence-electron chi connectivity index (χ4n) is 2.99. The maximum Gasteiger partial charge on any atom is 0.242 e. The number of hydrogen-bond acceptors (Lipinski definition) is 3. The molecule has 0 aliphatic heterocycles. The molecule has 0 aromatic heterocycles. The number of rotatable bonds is 12. The zero-order chi connectivity index (χ0) is 22.6. The van der Waals surface area contributed by atoms with E-state index in [2.05, 4.69) is 28.2 Å². The number of carbonyl (C=O) groups is 2. The number of amides is 2. The second kappa shape index (κ2) is 13.4. The van der Waals surface area contributed by atoms with E-state index >= 15 is 0 Å². The Kier molecular flexibility index (Phi) is 10.9. The first-order chi connectivity index (χ1) is 14.9. The van der Waals surface area contributed by atoms with Crippen LogP contribution in [-0.4, -0.2) is 35.9 Å². The number of unbranched alkanes of at least 4 members (excludes halogenated alkanes) is 1. The molecule has 0 saturated carbocycles. The van der Waals surface area contributed by atoms with Crippen molar-refractivity contribution >= 4 is 39.3 Å². The van der Waals surface area contributed by atoms with E-state index in [1.54, 1.807) is 36.1 Å². The van der Waals surface area contributed by atoms with Gasteiger partial charge >= 0.3 is 0 Å². The van der Waals surface area contributed by atoms with E-state index in [4.69, 9.17) is 16.3 Å². The molecule has 0 saturated heterocycles. The smallest absolute Gasteiger partial charge is 0.242 e. The number of nitrogens with one attached hydrogen (secondary N) is 1. The molecule has 2 rings (SSSR count). The van der Waals surface area contributed by atoms with Crippen LogP contribution in [0.15, 0.2) is 53.0 Å². The molecule has 0 bridgehead atoms. The van der Waals surface area contributed by atoms with Crippen LogP contribution in [0.25, 0.3) is 0 Å². The highest BCUT2D eigenvalue weighted by Crippen LogP contribution is 2.17. The van der Waals surface area contributed by atoms with Crippen LogP contribution in [0.4, 0.5) is 0 Å². The fourth-order valence-corrected chi connectivity index (χ4v) is 3.38. The summed E-state index contributed by atoms with van der Waals surface area (Å²) in [5.41, 5.74) is 0.974. The zero-order valence-electron chi connectivity index (χ0n) is 18.1. The van der Waals surface area contributed by atoms with E-state index in [0.29, 0.717) is 43.3 Å². The summed E-state index contributed by atoms with van der Waals surface area (Å²) in [6.45, 7) is 5.27. The van der Waals surface area contributed by atoms with Gasteiger partial charge in [0.1, 0.15) is 11.8 Å². The standard InChI is InChI=1S/C24H30BrClN2O3/c1-3-4-15-27-24(30)18(2)28(17-19-7-9-20(25)10-8-19)23(29)6-5-16-31-22-13-11-21(26)12-14-22/h7-14,18H,3-6,15-17H2,1-2H3,(H,27,30)/t18-/m1/s1. The second-order valence-corrected chi connectivity index (χ2v) is 8.73. The molecule has 168 valence electrons. The van der Waals surface area contributed by atoms with Gasteiger partial charge in [-0.2, -0.15) is 0 Å². The topological polar surface area (TPSA) is 58.6 Å². The van der Waals surface area contributed by atoms with E-state index in [-0.39, 0.29) is 11.8 Å². The molecule has 1 atom stereocenters. The van der Waals surface area contributed by atoms with Gasteiger partial charge in [-0.25, -0.2) is 0 Å². The molecule has 0 fully saturated rings. The largest absolute Gasteiger partial charge is 0.494 e. The van der Waals surface area contributed by atoms with Gasteiger partial charge in [0.2, 0.25) is 11.8 Å². The molecule has 2 aromatic carbocycles. The lowest BCUT2D eigenvalue weighted by Crippen LogP contribution is -2.47. The monoisotopic (exact) mass is 508 g/mol. The third-order valence-electron chi connectivity index (χ3n) is 4.88. The highest BCUT2D eigenvalue weighted by molar-refractivity contribution is 9.10. The van der Waals surface area contributed by atoms with Gasteiger partial charge in [-0.3, -0.25) is 9.59 Å². The maximum absolute atomic E-state index is 13.0. The van der Waals surface area contributed by atoms with Crippen LogP contribution >= 0.6 is 27.5 Å². The van der Waals surface area contributed by atoms with Crippen molar-refractivity contribution in [2.45, 2.75) is 52.1 Å². The Balaban J connectivity index is 1.96. The molecule has 7 heteroatoms. The Bertz CT molecular complexity index is 828. The summed E-state index contributed by atoms with van der Waals surface area (Å²) < 4.78 is 6.65. The van der Waals surface area contributed by atoms with Crippen molar-refractivity contribution in [2.24, 2.45) is 0 Å². The van der Waals surface area contributed by atoms with Gasteiger partial charge in [-0.05, 0) is 61.7 Å². The lowest BCUT2D eigenvalue weighted by atomic mass is 10.1. The predicted molar refractivity (Wildman–Crippen MR) is 128 cm³/mol. The van der Waals surface area contributed by atoms with Crippen LogP contribution in [0.5, 0.6) is 5.75 Å². The summed E-state index contributed by atoms with van der Waals surface area (Å²) in [6, 6.07) is 14.4. The van der Waals surface area contributed by atoms with Crippen LogP contribution in [0, 0.1) is 0 Å². The van der Waals surface area contributed by atoms with Crippen LogP contribution in [0.3, 0.4) is 0 Å². The van der Waals surface area contributed by atoms with E-state index in [1.165, 1.54) is 0 Å². The van der Waals surface area contributed by atoms with Crippen molar-refractivity contribution in [3.05, 3.63) is 63.6 Å². The first kappa shape index (κ1) is 25.2. The maximum atomic E-state index is 13.0. The van der Waals surface area contributed by atoms with Crippen LogP contribution in [0.1, 0.15) is 45.1 Å². The van der Waals surface area contributed by atoms with Crippen LogP contribution in [-0.2, 0) is 16.1 Å². The second-order valence-electron chi connectivity index (χ2n) is 7.37. The van der Waals surface area contributed by atoms with Gasteiger partial charge in [0.25, 0.3) is 0 Å². The van der Waals surface area contributed by atoms with Crippen molar-refractivity contribution in [2.75, 3.05) is 13.2 Å². The molecule has 0 unspecified atom stereocenters. The average molecular weight is 510 g/mol. The molecule has 0 heterocycles. The van der Waals surface area contributed by atoms with E-state index in [0.717, 1.165) is 22.9 Å². The van der Waals surface area contributed by atoms with Crippen LogP contribution in [0.2, 0.25) is 5.02 Å². The number of benzene rings is 2. The van der Waals surface area contributed by atoms with Crippen molar-refractivity contribution in [1.82, 2.24) is 10.2 Å². The molecule has 0 aliphatic carbocycles. The molecule has 2 amide bonds. The van der Waals surface area contributed by atoms with Crippen LogP contribution < -0.4 is 10.1 Å². The van der Waals surface area contributed by atoms with Gasteiger partial charge in [-0.1, -0.05) is 53.0 Å². The van der Waals surface area contributed by atoms with E-state index < -0.39 is 6.04 Å². The third kappa shape index (κ3) is 8.91. The first-order valence-electron chi connectivity index (χ1n) is 10.6. The van der Waals surface area contributed by atoms with Gasteiger partial charge in [0, 0.05) is 29.0 Å². The van der Waals surface area contributed by atoms with Gasteiger partial charge in [-0.15, -0.1) is 0 Å². The summed E-state index contributed by atoms with van der Waals surface area (Å²) >= 11 is 9.31. The Morgan fingerprint density at radius 3 is 2.42 bits per heavy atom. The summed E-state index contributed by atoms with van der Waals surface area (Å²) in [4.78, 5) is 27.3. The Labute approximate surface area is 198 Å². The van der Waals surface area contributed by atoms with Crippen molar-refractivity contribution in [3.8, 4) is 5.75 Å². The summed E-state index contributed by atoms with van der Waals surface area (Å²) in [5, 5.41) is 3.58. The molecule has 1 N–H and O–H groups in total. The molecule has 31 heavy (non-hydrogen) atoms. The summed E-state index contributed by atoms with van der Waals surface area (Å²) in [6.07, 6.45) is 2.78. The molecule has 2 aromatic rings. The van der Waals surface area contributed by atoms with Crippen molar-refractivity contribution in [1.29, 1.82) is 0 Å². The first-order valence-corrected chi connectivity index (χ1v) is 11.8. The lowest BCUT2D eigenvalue weighted by Gasteiger charge is -2.29. The van der Waals surface area contributed by atoms with Crippen molar-refractivity contribution in [3.63, 3.8) is 0 Å². The minimum absolute atomic E-state index is 0.0687. The Hall–Kier alpha value is -2.05. The number of carbonyl (C=O) groups excluding carboxylic acids is 2. The number of hydrogen-bond donors (Lipinski definition) is 1. The highest BCUT2D eigenvalue weighted by atomic mass is 79.9. The lowest BCUT2D eigenvalue weighted by molar-refractivity contribution is -0.140. The number of halogens is 2. The predicted octanol–water partition coefficient (Wildman–Crippen LogP) is 5.60. The van der Waals surface area contributed by atoms with E-state index in [9.17, 15) is 9.59 Å². The average Bonchev–Trinajstić information content (AvgIpc) is 2.77. The Morgan fingerprint density at radius 1 is 1.10 bits per heavy atom. The quantitative estimate of drug-likeness (QED) is 0.379. The van der Waals surface area contributed by atoms with E-state index in [1.807, 2.05) is 24.3 Å². The van der Waals surface area contributed by atoms with Gasteiger partial charge in [0.05, 0.1) is 6.61 Å². The highest BCUT2D eigenvalue weighted by Gasteiger charge is 2.25. The number of nitrogens with zero attached hydrogens (tertiary/aromatic N) is 1. The molecule has 0 spiro atoms. The molecular weight excluding hydrogens is 480 g/mol. The molecule has 0 aliphatic rings.